The summed E-state index contributed by atoms with van der Waals surface area (Å²) in [4.78, 5) is 0. The first-order valence-electron chi connectivity index (χ1n) is 8.94. The highest BCUT2D eigenvalue weighted by Gasteiger charge is 2.23. The first-order chi connectivity index (χ1) is 11.0. The minimum absolute atomic E-state index is 0.275. The van der Waals surface area contributed by atoms with Crippen molar-refractivity contribution in [3.05, 3.63) is 45.0 Å². The van der Waals surface area contributed by atoms with Crippen LogP contribution in [0.3, 0.4) is 0 Å². The lowest BCUT2D eigenvalue weighted by Gasteiger charge is -2.23. The van der Waals surface area contributed by atoms with E-state index in [0.29, 0.717) is 0 Å². The lowest BCUT2D eigenvalue weighted by atomic mass is 9.82. The van der Waals surface area contributed by atoms with E-state index < -0.39 is 0 Å². The fraction of sp³-hybridized carbons (Fsp3) is 0.478. The fourth-order valence-corrected chi connectivity index (χ4v) is 4.00. The number of hydrogen-bond donors (Lipinski definition) is 0. The molecule has 1 heteroatoms. The summed E-state index contributed by atoms with van der Waals surface area (Å²) in [6.45, 7) is 20.2. The molecule has 0 bridgehead atoms. The summed E-state index contributed by atoms with van der Waals surface area (Å²) in [5.41, 5.74) is 11.9. The molecule has 2 aromatic carbocycles. The van der Waals surface area contributed by atoms with Gasteiger partial charge in [0.25, 0.3) is 0 Å². The number of aryl methyl sites for hydroxylation is 5. The molecule has 1 nitrogen and oxygen atoms in total. The largest absolute Gasteiger partial charge is 0.455 e. The van der Waals surface area contributed by atoms with Gasteiger partial charge < -0.3 is 4.42 Å². The second-order valence-electron chi connectivity index (χ2n) is 8.74. The molecule has 0 amide bonds. The molecule has 1 heterocycles. The smallest absolute Gasteiger partial charge is 0.138 e. The Hall–Kier alpha value is -1.76. The number of fused-ring (bicyclic) bond motifs is 3. The number of furan rings is 1. The van der Waals surface area contributed by atoms with Crippen LogP contribution in [0.2, 0.25) is 0 Å². The third kappa shape index (κ3) is 2.46. The van der Waals surface area contributed by atoms with Crippen molar-refractivity contribution in [3.63, 3.8) is 0 Å². The van der Waals surface area contributed by atoms with Gasteiger partial charge in [0.15, 0.2) is 0 Å². The fourth-order valence-electron chi connectivity index (χ4n) is 4.00. The maximum atomic E-state index is 6.42. The highest BCUT2D eigenvalue weighted by Crippen LogP contribution is 2.41. The van der Waals surface area contributed by atoms with E-state index >= 15 is 0 Å². The van der Waals surface area contributed by atoms with E-state index in [2.05, 4.69) is 68.4 Å². The van der Waals surface area contributed by atoms with Gasteiger partial charge in [-0.2, -0.15) is 0 Å². The van der Waals surface area contributed by atoms with Crippen molar-refractivity contribution in [2.45, 2.75) is 68.7 Å². The SMILES string of the molecule is Cc1cc(C)c2c(oc3c(C)c(C)c(CC(C)(C)C)c(C)c32)c1C. The maximum absolute atomic E-state index is 6.42. The van der Waals surface area contributed by atoms with Crippen LogP contribution in [0.4, 0.5) is 0 Å². The highest BCUT2D eigenvalue weighted by molar-refractivity contribution is 6.11. The summed E-state index contributed by atoms with van der Waals surface area (Å²) in [5, 5.41) is 2.64. The lowest BCUT2D eigenvalue weighted by Crippen LogP contribution is -2.12. The molecule has 0 spiro atoms. The number of benzene rings is 2. The van der Waals surface area contributed by atoms with Crippen LogP contribution in [0.5, 0.6) is 0 Å². The van der Waals surface area contributed by atoms with Gasteiger partial charge in [-0.15, -0.1) is 0 Å². The van der Waals surface area contributed by atoms with Crippen LogP contribution >= 0.6 is 0 Å². The average Bonchev–Trinajstić information content (AvgIpc) is 2.87. The van der Waals surface area contributed by atoms with Crippen molar-refractivity contribution in [1.82, 2.24) is 0 Å². The zero-order chi connectivity index (χ0) is 18.0. The van der Waals surface area contributed by atoms with Gasteiger partial charge in [-0.3, -0.25) is 0 Å². The van der Waals surface area contributed by atoms with Crippen LogP contribution < -0.4 is 0 Å². The third-order valence-corrected chi connectivity index (χ3v) is 5.56. The van der Waals surface area contributed by atoms with Crippen molar-refractivity contribution in [3.8, 4) is 0 Å². The van der Waals surface area contributed by atoms with Crippen molar-refractivity contribution >= 4 is 21.9 Å². The molecule has 0 aliphatic carbocycles. The summed E-state index contributed by atoms with van der Waals surface area (Å²) in [6.07, 6.45) is 1.10. The number of hydrogen-bond acceptors (Lipinski definition) is 1. The predicted octanol–water partition coefficient (Wildman–Crippen LogP) is 7.03. The molecular formula is C23H30O. The van der Waals surface area contributed by atoms with Crippen molar-refractivity contribution < 1.29 is 4.42 Å². The first kappa shape index (κ1) is 17.1. The highest BCUT2D eigenvalue weighted by atomic mass is 16.3. The molecule has 0 aliphatic rings. The van der Waals surface area contributed by atoms with Gasteiger partial charge in [0, 0.05) is 10.8 Å². The number of rotatable bonds is 1. The van der Waals surface area contributed by atoms with Crippen LogP contribution in [0.15, 0.2) is 10.5 Å². The third-order valence-electron chi connectivity index (χ3n) is 5.56. The monoisotopic (exact) mass is 322 g/mol. The van der Waals surface area contributed by atoms with Crippen LogP contribution in [-0.4, -0.2) is 0 Å². The Morgan fingerprint density at radius 1 is 0.708 bits per heavy atom. The van der Waals surface area contributed by atoms with Crippen molar-refractivity contribution in [2.24, 2.45) is 5.41 Å². The zero-order valence-electron chi connectivity index (χ0n) is 16.7. The van der Waals surface area contributed by atoms with E-state index in [4.69, 9.17) is 4.42 Å². The Morgan fingerprint density at radius 3 is 1.88 bits per heavy atom. The second-order valence-corrected chi connectivity index (χ2v) is 8.74. The Morgan fingerprint density at radius 2 is 1.29 bits per heavy atom. The van der Waals surface area contributed by atoms with E-state index in [1.807, 2.05) is 0 Å². The standard InChI is InChI=1S/C23H30O/c1-12-10-13(2)19-20-17(6)18(11-23(7,8)9)15(4)16(5)22(20)24-21(19)14(12)3/h10H,11H2,1-9H3. The van der Waals surface area contributed by atoms with Gasteiger partial charge in [0.1, 0.15) is 11.2 Å². The summed E-state index contributed by atoms with van der Waals surface area (Å²) in [5.74, 6) is 0. The van der Waals surface area contributed by atoms with E-state index in [-0.39, 0.29) is 5.41 Å². The lowest BCUT2D eigenvalue weighted by molar-refractivity contribution is 0.409. The summed E-state index contributed by atoms with van der Waals surface area (Å²) >= 11 is 0. The minimum atomic E-state index is 0.275. The molecule has 0 saturated heterocycles. The molecule has 24 heavy (non-hydrogen) atoms. The molecule has 3 aromatic rings. The van der Waals surface area contributed by atoms with Crippen molar-refractivity contribution in [2.75, 3.05) is 0 Å². The van der Waals surface area contributed by atoms with Crippen LogP contribution in [0, 0.1) is 47.0 Å². The van der Waals surface area contributed by atoms with Gasteiger partial charge in [-0.1, -0.05) is 26.8 Å². The molecule has 128 valence electrons. The summed E-state index contributed by atoms with van der Waals surface area (Å²) in [6, 6.07) is 2.30. The van der Waals surface area contributed by atoms with E-state index in [1.54, 1.807) is 0 Å². The van der Waals surface area contributed by atoms with Gasteiger partial charge in [-0.25, -0.2) is 0 Å². The first-order valence-corrected chi connectivity index (χ1v) is 8.94. The molecule has 0 fully saturated rings. The molecule has 0 N–H and O–H groups in total. The minimum Gasteiger partial charge on any atom is -0.455 e. The Kier molecular flexibility index (Phi) is 3.82. The van der Waals surface area contributed by atoms with Crippen LogP contribution in [0.1, 0.15) is 59.7 Å². The van der Waals surface area contributed by atoms with E-state index in [0.717, 1.165) is 17.6 Å². The predicted molar refractivity (Wildman–Crippen MR) is 105 cm³/mol. The zero-order valence-corrected chi connectivity index (χ0v) is 16.7. The molecule has 0 atom stereocenters. The molecule has 0 saturated carbocycles. The normalized spacial score (nSPS) is 12.5. The molecule has 0 aliphatic heterocycles. The quantitative estimate of drug-likeness (QED) is 0.469. The van der Waals surface area contributed by atoms with Gasteiger partial charge >= 0.3 is 0 Å². The molecule has 0 radical (unpaired) electrons. The second kappa shape index (κ2) is 5.37. The summed E-state index contributed by atoms with van der Waals surface area (Å²) in [7, 11) is 0. The maximum Gasteiger partial charge on any atom is 0.138 e. The summed E-state index contributed by atoms with van der Waals surface area (Å²) < 4.78 is 6.42. The molecule has 1 aromatic heterocycles. The van der Waals surface area contributed by atoms with Crippen LogP contribution in [-0.2, 0) is 6.42 Å². The van der Waals surface area contributed by atoms with E-state index in [9.17, 15) is 0 Å². The Balaban J connectivity index is 2.52. The van der Waals surface area contributed by atoms with Crippen LogP contribution in [0.25, 0.3) is 21.9 Å². The Bertz CT molecular complexity index is 962. The molecule has 3 rings (SSSR count). The van der Waals surface area contributed by atoms with E-state index in [1.165, 1.54) is 49.7 Å². The topological polar surface area (TPSA) is 13.1 Å². The van der Waals surface area contributed by atoms with Gasteiger partial charge in [0.2, 0.25) is 0 Å². The van der Waals surface area contributed by atoms with Gasteiger partial charge in [0.05, 0.1) is 0 Å². The Labute approximate surface area is 146 Å². The molecule has 0 unspecified atom stereocenters. The van der Waals surface area contributed by atoms with Gasteiger partial charge in [-0.05, 0) is 92.3 Å². The molecular weight excluding hydrogens is 292 g/mol. The van der Waals surface area contributed by atoms with Crippen molar-refractivity contribution in [1.29, 1.82) is 0 Å². The average molecular weight is 322 g/mol.